The Bertz CT molecular complexity index is 918. The number of halogens is 1. The molecule has 0 spiro atoms. The Hall–Kier alpha value is -2.42. The lowest BCUT2D eigenvalue weighted by Gasteiger charge is -2.14. The van der Waals surface area contributed by atoms with Crippen LogP contribution in [-0.4, -0.2) is 39.5 Å². The number of sulfonamides is 1. The summed E-state index contributed by atoms with van der Waals surface area (Å²) in [6, 6.07) is 15.3. The van der Waals surface area contributed by atoms with Gasteiger partial charge >= 0.3 is 5.97 Å². The largest absolute Gasteiger partial charge is 0.453 e. The van der Waals surface area contributed by atoms with Crippen LogP contribution in [0.2, 0.25) is 5.02 Å². The van der Waals surface area contributed by atoms with Crippen LogP contribution in [0.3, 0.4) is 0 Å². The first kappa shape index (κ1) is 22.9. The maximum Gasteiger partial charge on any atom is 0.307 e. The first-order chi connectivity index (χ1) is 13.8. The van der Waals surface area contributed by atoms with Crippen molar-refractivity contribution in [1.82, 2.24) is 10.0 Å². The van der Waals surface area contributed by atoms with E-state index >= 15 is 0 Å². The van der Waals surface area contributed by atoms with E-state index in [1.54, 1.807) is 0 Å². The molecule has 0 aliphatic carbocycles. The van der Waals surface area contributed by atoms with Crippen molar-refractivity contribution in [2.45, 2.75) is 30.8 Å². The van der Waals surface area contributed by atoms with Gasteiger partial charge in [0.25, 0.3) is 5.91 Å². The van der Waals surface area contributed by atoms with Gasteiger partial charge in [-0.15, -0.1) is 0 Å². The molecule has 0 fully saturated rings. The molecule has 0 heterocycles. The van der Waals surface area contributed by atoms with E-state index in [0.29, 0.717) is 18.0 Å². The third-order valence-electron chi connectivity index (χ3n) is 3.98. The van der Waals surface area contributed by atoms with Crippen LogP contribution >= 0.6 is 11.6 Å². The highest BCUT2D eigenvalue weighted by Crippen LogP contribution is 2.13. The molecular formula is C20H23ClN2O5S. The fourth-order valence-corrected chi connectivity index (χ4v) is 3.57. The molecule has 7 nitrogen and oxygen atoms in total. The highest BCUT2D eigenvalue weighted by atomic mass is 35.5. The Kier molecular flexibility index (Phi) is 8.63. The number of benzene rings is 2. The van der Waals surface area contributed by atoms with Crippen molar-refractivity contribution in [3.63, 3.8) is 0 Å². The summed E-state index contributed by atoms with van der Waals surface area (Å²) in [5, 5.41) is 3.12. The maximum absolute atomic E-state index is 12.1. The maximum atomic E-state index is 12.1. The first-order valence-corrected chi connectivity index (χ1v) is 10.9. The van der Waals surface area contributed by atoms with Gasteiger partial charge in [0.05, 0.1) is 11.3 Å². The number of carbonyl (C=O) groups is 2. The molecule has 0 aliphatic rings. The van der Waals surface area contributed by atoms with Crippen LogP contribution in [-0.2, 0) is 30.8 Å². The molecule has 2 aromatic rings. The zero-order valence-corrected chi connectivity index (χ0v) is 17.5. The summed E-state index contributed by atoms with van der Waals surface area (Å²) in [6.07, 6.45) is -0.500. The van der Waals surface area contributed by atoms with Crippen LogP contribution in [0.5, 0.6) is 0 Å². The smallest absolute Gasteiger partial charge is 0.307 e. The molecule has 2 rings (SSSR count). The predicted octanol–water partition coefficient (Wildman–Crippen LogP) is 2.30. The molecule has 9 heteroatoms. The van der Waals surface area contributed by atoms with Gasteiger partial charge in [-0.3, -0.25) is 9.59 Å². The van der Waals surface area contributed by atoms with Crippen LogP contribution in [0.4, 0.5) is 0 Å². The van der Waals surface area contributed by atoms with Crippen LogP contribution < -0.4 is 10.0 Å². The van der Waals surface area contributed by atoms with E-state index in [4.69, 9.17) is 16.3 Å². The average Bonchev–Trinajstić information content (AvgIpc) is 2.68. The average molecular weight is 439 g/mol. The summed E-state index contributed by atoms with van der Waals surface area (Å²) < 4.78 is 31.6. The molecule has 0 radical (unpaired) electrons. The third-order valence-corrected chi connectivity index (χ3v) is 5.71. The minimum Gasteiger partial charge on any atom is -0.453 e. The van der Waals surface area contributed by atoms with E-state index in [9.17, 15) is 18.0 Å². The van der Waals surface area contributed by atoms with Gasteiger partial charge in [0.15, 0.2) is 6.10 Å². The number of amides is 1. The summed E-state index contributed by atoms with van der Waals surface area (Å²) in [4.78, 5) is 23.9. The van der Waals surface area contributed by atoms with Crippen molar-refractivity contribution in [2.24, 2.45) is 0 Å². The van der Waals surface area contributed by atoms with E-state index in [-0.39, 0.29) is 17.9 Å². The van der Waals surface area contributed by atoms with Crippen LogP contribution in [0.15, 0.2) is 59.5 Å². The van der Waals surface area contributed by atoms with Crippen molar-refractivity contribution in [1.29, 1.82) is 0 Å². The van der Waals surface area contributed by atoms with Crippen molar-refractivity contribution in [3.8, 4) is 0 Å². The summed E-state index contributed by atoms with van der Waals surface area (Å²) in [7, 11) is -3.75. The van der Waals surface area contributed by atoms with Crippen molar-refractivity contribution < 1.29 is 22.7 Å². The van der Waals surface area contributed by atoms with Gasteiger partial charge in [0.2, 0.25) is 10.0 Å². The highest BCUT2D eigenvalue weighted by molar-refractivity contribution is 7.89. The number of rotatable bonds is 10. The molecule has 0 saturated carbocycles. The lowest BCUT2D eigenvalue weighted by molar-refractivity contribution is -0.154. The second-order valence-electron chi connectivity index (χ2n) is 6.26. The second-order valence-corrected chi connectivity index (χ2v) is 8.46. The van der Waals surface area contributed by atoms with Crippen molar-refractivity contribution in [2.75, 3.05) is 13.1 Å². The molecule has 0 aliphatic heterocycles. The SMILES string of the molecule is C[C@@H](OC(=O)CCNS(=O)(=O)c1ccc(Cl)cc1)C(=O)NCCc1ccccc1. The van der Waals surface area contributed by atoms with E-state index < -0.39 is 28.0 Å². The molecule has 0 unspecified atom stereocenters. The summed E-state index contributed by atoms with van der Waals surface area (Å²) in [6.45, 7) is 1.74. The number of nitrogens with one attached hydrogen (secondary N) is 2. The van der Waals surface area contributed by atoms with E-state index in [0.717, 1.165) is 5.56 Å². The lowest BCUT2D eigenvalue weighted by Crippen LogP contribution is -2.37. The molecule has 1 atom stereocenters. The molecule has 2 aromatic carbocycles. The number of carbonyl (C=O) groups excluding carboxylic acids is 2. The van der Waals surface area contributed by atoms with Gasteiger partial charge in [-0.05, 0) is 43.2 Å². The van der Waals surface area contributed by atoms with Gasteiger partial charge < -0.3 is 10.1 Å². The molecule has 2 N–H and O–H groups in total. The van der Waals surface area contributed by atoms with Crippen molar-refractivity contribution >= 4 is 33.5 Å². The fraction of sp³-hybridized carbons (Fsp3) is 0.300. The Labute approximate surface area is 175 Å². The molecule has 1 amide bonds. The zero-order chi connectivity index (χ0) is 21.3. The van der Waals surface area contributed by atoms with Gasteiger partial charge in [0, 0.05) is 18.1 Å². The normalized spacial score (nSPS) is 12.2. The summed E-state index contributed by atoms with van der Waals surface area (Å²) in [5.74, 6) is -1.08. The van der Waals surface area contributed by atoms with E-state index in [2.05, 4.69) is 10.0 Å². The van der Waals surface area contributed by atoms with Crippen LogP contribution in [0, 0.1) is 0 Å². The van der Waals surface area contributed by atoms with Gasteiger partial charge in [-0.2, -0.15) is 0 Å². The standard InChI is InChI=1S/C20H23ClN2O5S/c1-15(20(25)22-13-11-16-5-3-2-4-6-16)28-19(24)12-14-23-29(26,27)18-9-7-17(21)8-10-18/h2-10,15,23H,11-14H2,1H3,(H,22,25)/t15-/m1/s1. The Morgan fingerprint density at radius 3 is 2.34 bits per heavy atom. The van der Waals surface area contributed by atoms with E-state index in [1.165, 1.54) is 31.2 Å². The summed E-state index contributed by atoms with van der Waals surface area (Å²) in [5.41, 5.74) is 1.09. The van der Waals surface area contributed by atoms with Gasteiger partial charge in [0.1, 0.15) is 0 Å². The van der Waals surface area contributed by atoms with Crippen LogP contribution in [0.25, 0.3) is 0 Å². The minimum absolute atomic E-state index is 0.0430. The molecule has 29 heavy (non-hydrogen) atoms. The Morgan fingerprint density at radius 1 is 1.03 bits per heavy atom. The number of hydrogen-bond acceptors (Lipinski definition) is 5. The highest BCUT2D eigenvalue weighted by Gasteiger charge is 2.18. The third kappa shape index (κ3) is 7.84. The molecule has 156 valence electrons. The number of ether oxygens (including phenoxy) is 1. The van der Waals surface area contributed by atoms with E-state index in [1.807, 2.05) is 30.3 Å². The van der Waals surface area contributed by atoms with Gasteiger partial charge in [-0.25, -0.2) is 13.1 Å². The van der Waals surface area contributed by atoms with Crippen molar-refractivity contribution in [3.05, 3.63) is 65.2 Å². The quantitative estimate of drug-likeness (QED) is 0.554. The number of esters is 1. The molecular weight excluding hydrogens is 416 g/mol. The second kappa shape index (κ2) is 10.9. The zero-order valence-electron chi connectivity index (χ0n) is 15.9. The summed E-state index contributed by atoms with van der Waals surface area (Å²) >= 11 is 5.74. The topological polar surface area (TPSA) is 102 Å². The van der Waals surface area contributed by atoms with Gasteiger partial charge in [-0.1, -0.05) is 41.9 Å². The first-order valence-electron chi connectivity index (χ1n) is 9.04. The fourth-order valence-electron chi connectivity index (χ4n) is 2.41. The molecule has 0 saturated heterocycles. The minimum atomic E-state index is -3.75. The van der Waals surface area contributed by atoms with Crippen LogP contribution in [0.1, 0.15) is 18.9 Å². The monoisotopic (exact) mass is 438 g/mol. The molecule has 0 aromatic heterocycles. The predicted molar refractivity (Wildman–Crippen MR) is 110 cm³/mol. The number of hydrogen-bond donors (Lipinski definition) is 2. The Balaban J connectivity index is 1.69. The molecule has 0 bridgehead atoms. The Morgan fingerprint density at radius 2 is 1.69 bits per heavy atom. The lowest BCUT2D eigenvalue weighted by atomic mass is 10.1.